The summed E-state index contributed by atoms with van der Waals surface area (Å²) in [6, 6.07) is 12.4. The van der Waals surface area contributed by atoms with Gasteiger partial charge < -0.3 is 24.5 Å². The van der Waals surface area contributed by atoms with E-state index in [4.69, 9.17) is 4.74 Å². The topological polar surface area (TPSA) is 73.3 Å². The minimum Gasteiger partial charge on any atom is -0.507 e. The van der Waals surface area contributed by atoms with E-state index >= 15 is 0 Å². The van der Waals surface area contributed by atoms with Gasteiger partial charge in [-0.2, -0.15) is 0 Å². The van der Waals surface area contributed by atoms with E-state index in [0.717, 1.165) is 29.0 Å². The molecule has 0 bridgehead atoms. The molecular weight excluding hydrogens is 430 g/mol. The molecule has 0 aromatic heterocycles. The number of hydrogen-bond donors (Lipinski definition) is 1. The van der Waals surface area contributed by atoms with Crippen LogP contribution in [0.4, 0.5) is 5.69 Å². The summed E-state index contributed by atoms with van der Waals surface area (Å²) in [5.74, 6) is -0.690. The van der Waals surface area contributed by atoms with E-state index < -0.39 is 17.7 Å². The second-order valence-electron chi connectivity index (χ2n) is 9.11. The van der Waals surface area contributed by atoms with Gasteiger partial charge in [0.1, 0.15) is 11.5 Å². The molecule has 7 heteroatoms. The summed E-state index contributed by atoms with van der Waals surface area (Å²) in [6.07, 6.45) is 0.893. The number of ether oxygens (including phenoxy) is 1. The van der Waals surface area contributed by atoms with Crippen molar-refractivity contribution in [2.75, 3.05) is 52.8 Å². The Kier molecular flexibility index (Phi) is 7.99. The summed E-state index contributed by atoms with van der Waals surface area (Å²) in [4.78, 5) is 31.7. The van der Waals surface area contributed by atoms with Crippen LogP contribution in [0, 0.1) is 6.92 Å². The van der Waals surface area contributed by atoms with Crippen LogP contribution in [0.2, 0.25) is 0 Å². The van der Waals surface area contributed by atoms with Crippen molar-refractivity contribution in [3.05, 3.63) is 64.7 Å². The molecule has 2 aromatic carbocycles. The minimum absolute atomic E-state index is 0.114. The van der Waals surface area contributed by atoms with Crippen molar-refractivity contribution < 1.29 is 19.4 Å². The highest BCUT2D eigenvalue weighted by Crippen LogP contribution is 2.40. The molecule has 2 aromatic rings. The van der Waals surface area contributed by atoms with E-state index in [2.05, 4.69) is 0 Å². The number of Topliss-reactive ketones (excluding diaryl/α,β-unsaturated/α-hetero) is 1. The zero-order chi connectivity index (χ0) is 25.0. The highest BCUT2D eigenvalue weighted by Gasteiger charge is 2.45. The van der Waals surface area contributed by atoms with Gasteiger partial charge in [-0.25, -0.2) is 0 Å². The number of ketones is 1. The third kappa shape index (κ3) is 5.25. The van der Waals surface area contributed by atoms with E-state index in [1.807, 2.05) is 76.1 Å². The molecule has 1 saturated heterocycles. The normalized spacial score (nSPS) is 17.5. The zero-order valence-electron chi connectivity index (χ0n) is 21.0. The standard InChI is InChI=1S/C27H35N3O4/c1-7-16-34-22-13-10-20(17-18(22)2)25(31)23-24(19-8-11-21(12-9-19)29(5)6)30(15-14-28(3)4)27(33)26(23)32/h8-13,17,24,31H,7,14-16H2,1-6H3/b25-23+. The van der Waals surface area contributed by atoms with Crippen LogP contribution < -0.4 is 9.64 Å². The Bertz CT molecular complexity index is 1070. The number of carbonyl (C=O) groups excluding carboxylic acids is 2. The molecule has 0 aliphatic carbocycles. The molecule has 1 heterocycles. The number of hydrogen-bond acceptors (Lipinski definition) is 6. The molecular formula is C27H35N3O4. The van der Waals surface area contributed by atoms with E-state index in [-0.39, 0.29) is 11.3 Å². The van der Waals surface area contributed by atoms with E-state index in [1.54, 1.807) is 23.1 Å². The van der Waals surface area contributed by atoms with Crippen LogP contribution in [-0.4, -0.2) is 74.5 Å². The van der Waals surface area contributed by atoms with Crippen molar-refractivity contribution in [3.63, 3.8) is 0 Å². The summed E-state index contributed by atoms with van der Waals surface area (Å²) in [7, 11) is 7.74. The van der Waals surface area contributed by atoms with Crippen LogP contribution in [0.5, 0.6) is 5.75 Å². The smallest absolute Gasteiger partial charge is 0.295 e. The predicted octanol–water partition coefficient (Wildman–Crippen LogP) is 3.83. The number of anilines is 1. The first-order valence-corrected chi connectivity index (χ1v) is 11.6. The molecule has 1 atom stereocenters. The molecule has 0 saturated carbocycles. The SMILES string of the molecule is CCCOc1ccc(/C(O)=C2\C(=O)C(=O)N(CCN(C)C)C2c2ccc(N(C)C)cc2)cc1C. The first-order valence-electron chi connectivity index (χ1n) is 11.6. The molecule has 1 amide bonds. The lowest BCUT2D eigenvalue weighted by molar-refractivity contribution is -0.140. The third-order valence-corrected chi connectivity index (χ3v) is 5.96. The predicted molar refractivity (Wildman–Crippen MR) is 135 cm³/mol. The molecule has 182 valence electrons. The second-order valence-corrected chi connectivity index (χ2v) is 9.11. The van der Waals surface area contributed by atoms with Crippen molar-refractivity contribution >= 4 is 23.1 Å². The number of nitrogens with zero attached hydrogens (tertiary/aromatic N) is 3. The quantitative estimate of drug-likeness (QED) is 0.345. The lowest BCUT2D eigenvalue weighted by atomic mass is 9.94. The minimum atomic E-state index is -0.665. The number of aryl methyl sites for hydroxylation is 1. The highest BCUT2D eigenvalue weighted by atomic mass is 16.5. The number of carbonyl (C=O) groups is 2. The summed E-state index contributed by atoms with van der Waals surface area (Å²) in [5.41, 5.74) is 3.24. The third-order valence-electron chi connectivity index (χ3n) is 5.96. The fourth-order valence-electron chi connectivity index (χ4n) is 4.05. The first kappa shape index (κ1) is 25.3. The molecule has 1 aliphatic rings. The van der Waals surface area contributed by atoms with Gasteiger partial charge in [0.25, 0.3) is 11.7 Å². The Hall–Kier alpha value is -3.32. The van der Waals surface area contributed by atoms with Gasteiger partial charge >= 0.3 is 0 Å². The first-order chi connectivity index (χ1) is 16.1. The maximum Gasteiger partial charge on any atom is 0.295 e. The number of benzene rings is 2. The van der Waals surface area contributed by atoms with Gasteiger partial charge in [0.05, 0.1) is 18.2 Å². The number of rotatable bonds is 9. The van der Waals surface area contributed by atoms with Crippen molar-refractivity contribution in [2.24, 2.45) is 0 Å². The molecule has 0 radical (unpaired) electrons. The van der Waals surface area contributed by atoms with Crippen LogP contribution in [0.1, 0.15) is 36.1 Å². The van der Waals surface area contributed by atoms with E-state index in [9.17, 15) is 14.7 Å². The second kappa shape index (κ2) is 10.7. The maximum absolute atomic E-state index is 13.2. The Morgan fingerprint density at radius 1 is 1.06 bits per heavy atom. The number of aliphatic hydroxyl groups is 1. The number of likely N-dealkylation sites (N-methyl/N-ethyl adjacent to an activating group) is 1. The average Bonchev–Trinajstić information content (AvgIpc) is 3.06. The molecule has 1 unspecified atom stereocenters. The molecule has 34 heavy (non-hydrogen) atoms. The fourth-order valence-corrected chi connectivity index (χ4v) is 4.05. The van der Waals surface area contributed by atoms with Gasteiger partial charge in [-0.05, 0) is 68.9 Å². The summed E-state index contributed by atoms with van der Waals surface area (Å²) in [6.45, 7) is 5.51. The Balaban J connectivity index is 2.09. The number of likely N-dealkylation sites (tertiary alicyclic amines) is 1. The van der Waals surface area contributed by atoms with Crippen molar-refractivity contribution in [1.29, 1.82) is 0 Å². The zero-order valence-corrected chi connectivity index (χ0v) is 21.0. The van der Waals surface area contributed by atoms with Crippen molar-refractivity contribution in [3.8, 4) is 5.75 Å². The fraction of sp³-hybridized carbons (Fsp3) is 0.407. The Morgan fingerprint density at radius 3 is 2.29 bits per heavy atom. The van der Waals surface area contributed by atoms with Crippen LogP contribution in [0.3, 0.4) is 0 Å². The summed E-state index contributed by atoms with van der Waals surface area (Å²) >= 11 is 0. The van der Waals surface area contributed by atoms with Crippen molar-refractivity contribution in [1.82, 2.24) is 9.80 Å². The summed E-state index contributed by atoms with van der Waals surface area (Å²) in [5, 5.41) is 11.3. The average molecular weight is 466 g/mol. The molecule has 3 rings (SSSR count). The maximum atomic E-state index is 13.2. The Morgan fingerprint density at radius 2 is 1.74 bits per heavy atom. The lowest BCUT2D eigenvalue weighted by Crippen LogP contribution is -2.35. The summed E-state index contributed by atoms with van der Waals surface area (Å²) < 4.78 is 5.74. The van der Waals surface area contributed by atoms with Crippen LogP contribution in [-0.2, 0) is 9.59 Å². The van der Waals surface area contributed by atoms with Gasteiger partial charge in [-0.3, -0.25) is 9.59 Å². The highest BCUT2D eigenvalue weighted by molar-refractivity contribution is 6.46. The lowest BCUT2D eigenvalue weighted by Gasteiger charge is -2.27. The number of aliphatic hydroxyl groups excluding tert-OH is 1. The van der Waals surface area contributed by atoms with Crippen LogP contribution in [0.25, 0.3) is 5.76 Å². The van der Waals surface area contributed by atoms with E-state index in [0.29, 0.717) is 25.3 Å². The molecule has 0 spiro atoms. The van der Waals surface area contributed by atoms with E-state index in [1.165, 1.54) is 0 Å². The Labute approximate surface area is 202 Å². The molecule has 1 aliphatic heterocycles. The molecule has 1 N–H and O–H groups in total. The van der Waals surface area contributed by atoms with Gasteiger partial charge in [-0.1, -0.05) is 19.1 Å². The van der Waals surface area contributed by atoms with Crippen LogP contribution >= 0.6 is 0 Å². The molecule has 1 fully saturated rings. The van der Waals surface area contributed by atoms with Gasteiger partial charge in [-0.15, -0.1) is 0 Å². The largest absolute Gasteiger partial charge is 0.507 e. The number of amides is 1. The van der Waals surface area contributed by atoms with Gasteiger partial charge in [0, 0.05) is 38.4 Å². The molecule has 7 nitrogen and oxygen atoms in total. The monoisotopic (exact) mass is 465 g/mol. The van der Waals surface area contributed by atoms with Crippen molar-refractivity contribution in [2.45, 2.75) is 26.3 Å². The van der Waals surface area contributed by atoms with Gasteiger partial charge in [0.15, 0.2) is 0 Å². The van der Waals surface area contributed by atoms with Gasteiger partial charge in [0.2, 0.25) is 0 Å². The van der Waals surface area contributed by atoms with Crippen LogP contribution in [0.15, 0.2) is 48.0 Å².